The second kappa shape index (κ2) is 10.5. The predicted molar refractivity (Wildman–Crippen MR) is 216 cm³/mol. The van der Waals surface area contributed by atoms with Gasteiger partial charge in [-0.25, -0.2) is 0 Å². The first-order chi connectivity index (χ1) is 27.3. The molecule has 0 saturated carbocycles. The van der Waals surface area contributed by atoms with Gasteiger partial charge in [-0.05, 0) is 115 Å². The van der Waals surface area contributed by atoms with Gasteiger partial charge in [0.1, 0.15) is 0 Å². The molecule has 0 heteroatoms. The van der Waals surface area contributed by atoms with Crippen molar-refractivity contribution in [2.45, 2.75) is 0 Å². The highest BCUT2D eigenvalue weighted by Crippen LogP contribution is 2.46. The van der Waals surface area contributed by atoms with Gasteiger partial charge in [0, 0.05) is 0 Å². The smallest absolute Gasteiger partial charge is 0.0622 e. The Bertz CT molecular complexity index is 3390. The van der Waals surface area contributed by atoms with Crippen molar-refractivity contribution < 1.29 is 8.22 Å². The number of hydrogen-bond donors (Lipinski definition) is 0. The Kier molecular flexibility index (Phi) is 4.66. The maximum Gasteiger partial charge on any atom is 0.0636 e. The van der Waals surface area contributed by atoms with Crippen LogP contribution in [0.1, 0.15) is 8.22 Å². The van der Waals surface area contributed by atoms with Gasteiger partial charge in [0.05, 0.1) is 8.22 Å². The Hall–Kier alpha value is -6.50. The molecule has 0 radical (unpaired) electrons. The molecule has 11 rings (SSSR count). The highest BCUT2D eigenvalue weighted by Gasteiger charge is 2.19. The van der Waals surface area contributed by atoms with Gasteiger partial charge in [0.25, 0.3) is 0 Å². The van der Waals surface area contributed by atoms with Gasteiger partial charge in [-0.2, -0.15) is 0 Å². The molecule has 11 aromatic rings. The van der Waals surface area contributed by atoms with E-state index >= 15 is 0 Å². The summed E-state index contributed by atoms with van der Waals surface area (Å²) < 4.78 is 56.6. The highest BCUT2D eigenvalue weighted by molar-refractivity contribution is 6.27. The maximum atomic E-state index is 10.2. The minimum absolute atomic E-state index is 0.0962. The van der Waals surface area contributed by atoms with Crippen molar-refractivity contribution in [3.63, 3.8) is 0 Å². The van der Waals surface area contributed by atoms with Crippen LogP contribution >= 0.6 is 0 Å². The van der Waals surface area contributed by atoms with Gasteiger partial charge in [-0.15, -0.1) is 0 Å². The largest absolute Gasteiger partial charge is 0.0636 e. The molecule has 50 heavy (non-hydrogen) atoms. The number of benzene rings is 11. The zero-order chi connectivity index (χ0) is 38.0. The molecule has 0 unspecified atom stereocenters. The van der Waals surface area contributed by atoms with Crippen molar-refractivity contribution in [1.29, 1.82) is 0 Å². The van der Waals surface area contributed by atoms with E-state index in [-0.39, 0.29) is 47.4 Å². The Morgan fingerprint density at radius 3 is 1.32 bits per heavy atom. The van der Waals surface area contributed by atoms with Crippen molar-refractivity contribution >= 4 is 64.6 Å². The number of rotatable bonds is 4. The van der Waals surface area contributed by atoms with E-state index in [2.05, 4.69) is 78.9 Å². The van der Waals surface area contributed by atoms with Crippen LogP contribution in [0.15, 0.2) is 182 Å². The SMILES string of the molecule is [2H]c1cc(-c2c([2H])c([2H])c([2H])c([2H])c2-c2ccc3ccc4cccc5ccc2c3c45)c([2H])c(-c2ccc3ccc4cccc5ccc2c3c45)c1-c1ccccc1. The lowest BCUT2D eigenvalue weighted by molar-refractivity contribution is 1.57. The van der Waals surface area contributed by atoms with Gasteiger partial charge in [0.2, 0.25) is 0 Å². The molecule has 0 saturated heterocycles. The molecule has 0 fully saturated rings. The maximum absolute atomic E-state index is 10.2. The quantitative estimate of drug-likeness (QED) is 0.169. The first-order valence-corrected chi connectivity index (χ1v) is 16.9. The summed E-state index contributed by atoms with van der Waals surface area (Å²) in [5.41, 5.74) is 4.19. The predicted octanol–water partition coefficient (Wildman–Crippen LogP) is 14.1. The van der Waals surface area contributed by atoms with Crippen LogP contribution < -0.4 is 0 Å². The molecule has 0 bridgehead atoms. The molecular weight excluding hydrogens is 601 g/mol. The second-order valence-corrected chi connectivity index (χ2v) is 13.1. The summed E-state index contributed by atoms with van der Waals surface area (Å²) in [6.07, 6.45) is 0. The molecule has 0 nitrogen and oxygen atoms in total. The van der Waals surface area contributed by atoms with Crippen molar-refractivity contribution in [2.24, 2.45) is 0 Å². The van der Waals surface area contributed by atoms with Crippen LogP contribution in [0, 0.1) is 0 Å². The summed E-state index contributed by atoms with van der Waals surface area (Å²) in [5, 5.41) is 12.7. The van der Waals surface area contributed by atoms with E-state index in [4.69, 9.17) is 2.74 Å². The molecule has 0 amide bonds. The fourth-order valence-corrected chi connectivity index (χ4v) is 8.24. The highest BCUT2D eigenvalue weighted by atomic mass is 14.2. The standard InChI is InChI=1S/C50H30/c1-2-8-31(9-3-1)40-25-24-38(30-46(40)43-27-21-37-19-17-33-11-7-13-35-23-29-45(43)50(37)48(33)35)39-14-4-5-15-41(39)42-26-20-36-18-16-32-10-6-12-34-22-28-44(42)49(36)47(32)34/h1-30H/i4D,5D,14D,15D,25D,30D. The Morgan fingerprint density at radius 2 is 0.740 bits per heavy atom. The zero-order valence-electron chi connectivity index (χ0n) is 32.9. The van der Waals surface area contributed by atoms with E-state index in [1.54, 1.807) is 6.07 Å². The molecule has 0 N–H and O–H groups in total. The van der Waals surface area contributed by atoms with E-state index in [0.29, 0.717) is 22.3 Å². The third-order valence-corrected chi connectivity index (χ3v) is 10.5. The van der Waals surface area contributed by atoms with Gasteiger partial charge in [-0.1, -0.05) is 176 Å². The first-order valence-electron chi connectivity index (χ1n) is 19.9. The monoisotopic (exact) mass is 636 g/mol. The molecule has 0 heterocycles. The molecule has 0 aromatic heterocycles. The topological polar surface area (TPSA) is 0 Å². The summed E-state index contributed by atoms with van der Waals surface area (Å²) in [5.74, 6) is 0. The molecule has 230 valence electrons. The van der Waals surface area contributed by atoms with Gasteiger partial charge in [0.15, 0.2) is 0 Å². The molecule has 11 aromatic carbocycles. The fraction of sp³-hybridized carbons (Fsp3) is 0. The lowest BCUT2D eigenvalue weighted by atomic mass is 9.84. The van der Waals surface area contributed by atoms with Crippen LogP contribution in [0.5, 0.6) is 0 Å². The van der Waals surface area contributed by atoms with Crippen LogP contribution in [0.4, 0.5) is 0 Å². The summed E-state index contributed by atoms with van der Waals surface area (Å²) >= 11 is 0. The van der Waals surface area contributed by atoms with E-state index < -0.39 is 0 Å². The van der Waals surface area contributed by atoms with Crippen molar-refractivity contribution in [1.82, 2.24) is 0 Å². The lowest BCUT2D eigenvalue weighted by Gasteiger charge is -2.19. The van der Waals surface area contributed by atoms with Crippen LogP contribution in [-0.4, -0.2) is 0 Å². The Balaban J connectivity index is 1.28. The van der Waals surface area contributed by atoms with Gasteiger partial charge < -0.3 is 0 Å². The average Bonchev–Trinajstić information content (AvgIpc) is 3.23. The summed E-state index contributed by atoms with van der Waals surface area (Å²) in [7, 11) is 0. The molecular formula is C50H30. The van der Waals surface area contributed by atoms with Gasteiger partial charge >= 0.3 is 0 Å². The zero-order valence-corrected chi connectivity index (χ0v) is 26.9. The van der Waals surface area contributed by atoms with Crippen molar-refractivity contribution in [3.05, 3.63) is 182 Å². The molecule has 0 aliphatic heterocycles. The minimum Gasteiger partial charge on any atom is -0.0622 e. The summed E-state index contributed by atoms with van der Waals surface area (Å²) in [6, 6.07) is 47.8. The Morgan fingerprint density at radius 1 is 0.280 bits per heavy atom. The average molecular weight is 637 g/mol. The minimum atomic E-state index is -0.381. The van der Waals surface area contributed by atoms with Crippen LogP contribution in [-0.2, 0) is 0 Å². The second-order valence-electron chi connectivity index (χ2n) is 13.1. The van der Waals surface area contributed by atoms with E-state index in [9.17, 15) is 5.48 Å². The van der Waals surface area contributed by atoms with E-state index in [1.807, 2.05) is 60.7 Å². The first kappa shape index (κ1) is 22.2. The third kappa shape index (κ3) is 3.94. The molecule has 0 aliphatic rings. The fourth-order valence-electron chi connectivity index (χ4n) is 8.24. The molecule has 0 atom stereocenters. The van der Waals surface area contributed by atoms with Gasteiger partial charge in [-0.3, -0.25) is 0 Å². The molecule has 0 spiro atoms. The Labute approximate surface area is 298 Å². The normalized spacial score (nSPS) is 13.7. The van der Waals surface area contributed by atoms with E-state index in [1.165, 1.54) is 0 Å². The summed E-state index contributed by atoms with van der Waals surface area (Å²) in [4.78, 5) is 0. The van der Waals surface area contributed by atoms with E-state index in [0.717, 1.165) is 75.8 Å². The van der Waals surface area contributed by atoms with Crippen LogP contribution in [0.3, 0.4) is 0 Å². The summed E-state index contributed by atoms with van der Waals surface area (Å²) in [6.45, 7) is 0. The van der Waals surface area contributed by atoms with Crippen molar-refractivity contribution in [2.75, 3.05) is 0 Å². The van der Waals surface area contributed by atoms with Crippen LogP contribution in [0.25, 0.3) is 109 Å². The third-order valence-electron chi connectivity index (χ3n) is 10.5. The molecule has 0 aliphatic carbocycles. The number of hydrogen-bond acceptors (Lipinski definition) is 0. The lowest BCUT2D eigenvalue weighted by Crippen LogP contribution is -1.92. The van der Waals surface area contributed by atoms with Crippen molar-refractivity contribution in [3.8, 4) is 44.5 Å². The van der Waals surface area contributed by atoms with Crippen LogP contribution in [0.2, 0.25) is 0 Å².